The molecule has 0 spiro atoms. The lowest BCUT2D eigenvalue weighted by Crippen LogP contribution is -2.13. The molecule has 7 aromatic carbocycles. The second kappa shape index (κ2) is 10.8. The zero-order valence-corrected chi connectivity index (χ0v) is 27.4. The van der Waals surface area contributed by atoms with Crippen LogP contribution in [-0.4, -0.2) is 14.5 Å². The molecular weight excluding hydrogens is 625 g/mol. The van der Waals surface area contributed by atoms with Gasteiger partial charge in [-0.15, -0.1) is 0 Å². The number of para-hydroxylation sites is 3. The molecule has 238 valence electrons. The van der Waals surface area contributed by atoms with Crippen molar-refractivity contribution in [2.45, 2.75) is 0 Å². The lowest BCUT2D eigenvalue weighted by Gasteiger charge is -2.26. The quantitative estimate of drug-likeness (QED) is 0.191. The van der Waals surface area contributed by atoms with Gasteiger partial charge in [-0.2, -0.15) is 0 Å². The van der Waals surface area contributed by atoms with Crippen LogP contribution in [0.5, 0.6) is 0 Å². The summed E-state index contributed by atoms with van der Waals surface area (Å²) in [6.07, 6.45) is 0. The summed E-state index contributed by atoms with van der Waals surface area (Å²) in [5.74, 6) is 1.71. The van der Waals surface area contributed by atoms with E-state index in [2.05, 4.69) is 143 Å². The number of benzene rings is 7. The molecule has 0 unspecified atom stereocenters. The fraction of sp³-hybridized carbons (Fsp3) is 0. The Morgan fingerprint density at radius 2 is 1.18 bits per heavy atom. The predicted octanol–water partition coefficient (Wildman–Crippen LogP) is 12.3. The van der Waals surface area contributed by atoms with Gasteiger partial charge < -0.3 is 4.42 Å². The first kappa shape index (κ1) is 27.9. The highest BCUT2D eigenvalue weighted by Crippen LogP contribution is 2.50. The molecule has 0 N–H and O–H groups in total. The molecule has 51 heavy (non-hydrogen) atoms. The summed E-state index contributed by atoms with van der Waals surface area (Å²) in [6, 6.07) is 59.8. The van der Waals surface area contributed by atoms with E-state index in [1.165, 1.54) is 32.8 Å². The molecule has 5 nitrogen and oxygen atoms in total. The van der Waals surface area contributed by atoms with E-state index in [0.29, 0.717) is 11.4 Å². The van der Waals surface area contributed by atoms with Crippen LogP contribution in [0, 0.1) is 0 Å². The van der Waals surface area contributed by atoms with Crippen molar-refractivity contribution in [1.29, 1.82) is 0 Å². The smallest absolute Gasteiger partial charge is 0.180 e. The number of hydrogen-bond acceptors (Lipinski definition) is 4. The van der Waals surface area contributed by atoms with Crippen molar-refractivity contribution >= 4 is 60.9 Å². The van der Waals surface area contributed by atoms with Crippen LogP contribution >= 0.6 is 0 Å². The molecule has 0 bridgehead atoms. The van der Waals surface area contributed by atoms with Crippen LogP contribution in [0.3, 0.4) is 0 Å². The summed E-state index contributed by atoms with van der Waals surface area (Å²) in [7, 11) is 0. The summed E-state index contributed by atoms with van der Waals surface area (Å²) in [6.45, 7) is 0. The van der Waals surface area contributed by atoms with Gasteiger partial charge in [0.2, 0.25) is 0 Å². The molecule has 0 radical (unpaired) electrons. The zero-order valence-electron chi connectivity index (χ0n) is 27.4. The normalized spacial score (nSPS) is 12.3. The van der Waals surface area contributed by atoms with Crippen LogP contribution in [0.15, 0.2) is 174 Å². The van der Waals surface area contributed by atoms with Gasteiger partial charge in [-0.25, -0.2) is 9.97 Å². The number of rotatable bonds is 3. The van der Waals surface area contributed by atoms with Crippen LogP contribution in [0.2, 0.25) is 0 Å². The Kier molecular flexibility index (Phi) is 5.89. The number of hydrogen-bond donors (Lipinski definition) is 0. The highest BCUT2D eigenvalue weighted by Gasteiger charge is 2.29. The lowest BCUT2D eigenvalue weighted by atomic mass is 10.0. The van der Waals surface area contributed by atoms with E-state index >= 15 is 0 Å². The van der Waals surface area contributed by atoms with Crippen LogP contribution in [-0.2, 0) is 0 Å². The molecule has 0 fully saturated rings. The minimum Gasteiger partial charge on any atom is -0.452 e. The maximum Gasteiger partial charge on any atom is 0.180 e. The fourth-order valence-corrected chi connectivity index (χ4v) is 7.85. The molecule has 0 atom stereocenters. The Labute approximate surface area is 293 Å². The standard InChI is InChI=1S/C46H28N4O/c1-2-14-30(15-3-1)42-45-43(37-21-8-11-24-40(37)51-45)48-46(47-42)32-16-12-17-33(27-32)49-38-22-9-6-19-35(38)36-20-7-10-23-39(36)50-41(49)28-31-26-25-29-13-4-5-18-34(29)44(31)50/h1-28H. The maximum atomic E-state index is 6.39. The monoisotopic (exact) mass is 652 g/mol. The average Bonchev–Trinajstić information content (AvgIpc) is 3.74. The number of furan rings is 1. The Morgan fingerprint density at radius 1 is 0.490 bits per heavy atom. The molecule has 4 heterocycles. The van der Waals surface area contributed by atoms with Gasteiger partial charge in [0.1, 0.15) is 22.6 Å². The molecule has 5 heteroatoms. The average molecular weight is 653 g/mol. The van der Waals surface area contributed by atoms with Gasteiger partial charge in [0.05, 0.1) is 16.9 Å². The van der Waals surface area contributed by atoms with Gasteiger partial charge in [0, 0.05) is 44.1 Å². The second-order valence-electron chi connectivity index (χ2n) is 13.0. The van der Waals surface area contributed by atoms with E-state index in [1.807, 2.05) is 36.4 Å². The van der Waals surface area contributed by atoms with Crippen molar-refractivity contribution in [3.63, 3.8) is 0 Å². The lowest BCUT2D eigenvalue weighted by molar-refractivity contribution is 0.667. The molecule has 0 amide bonds. The Morgan fingerprint density at radius 3 is 2.06 bits per heavy atom. The van der Waals surface area contributed by atoms with Gasteiger partial charge in [0.25, 0.3) is 0 Å². The first-order chi connectivity index (χ1) is 25.3. The molecule has 10 aromatic rings. The van der Waals surface area contributed by atoms with Crippen molar-refractivity contribution in [2.24, 2.45) is 0 Å². The van der Waals surface area contributed by atoms with Gasteiger partial charge in [-0.05, 0) is 47.9 Å². The highest BCUT2D eigenvalue weighted by atomic mass is 16.3. The third-order valence-electron chi connectivity index (χ3n) is 10.1. The topological polar surface area (TPSA) is 47.1 Å². The molecule has 0 saturated heterocycles. The fourth-order valence-electron chi connectivity index (χ4n) is 7.85. The van der Waals surface area contributed by atoms with Gasteiger partial charge in [-0.3, -0.25) is 9.47 Å². The molecule has 0 saturated carbocycles. The van der Waals surface area contributed by atoms with E-state index in [4.69, 9.17) is 14.4 Å². The van der Waals surface area contributed by atoms with E-state index in [1.54, 1.807) is 0 Å². The number of aromatic nitrogens is 3. The summed E-state index contributed by atoms with van der Waals surface area (Å²) >= 11 is 0. The van der Waals surface area contributed by atoms with E-state index in [9.17, 15) is 0 Å². The number of anilines is 3. The van der Waals surface area contributed by atoms with Crippen molar-refractivity contribution in [1.82, 2.24) is 14.5 Å². The zero-order chi connectivity index (χ0) is 33.5. The minimum atomic E-state index is 0.646. The number of nitrogens with zero attached hydrogens (tertiary/aromatic N) is 4. The van der Waals surface area contributed by atoms with Crippen molar-refractivity contribution in [3.8, 4) is 39.5 Å². The molecule has 0 aliphatic carbocycles. The third-order valence-corrected chi connectivity index (χ3v) is 10.1. The number of fused-ring (bicyclic) bond motifs is 12. The molecular formula is C46H28N4O. The van der Waals surface area contributed by atoms with Gasteiger partial charge in [0.15, 0.2) is 11.4 Å². The molecule has 11 rings (SSSR count). The van der Waals surface area contributed by atoms with Crippen LogP contribution in [0.25, 0.3) is 83.2 Å². The maximum absolute atomic E-state index is 6.39. The summed E-state index contributed by atoms with van der Waals surface area (Å²) < 4.78 is 8.83. The van der Waals surface area contributed by atoms with E-state index < -0.39 is 0 Å². The Balaban J connectivity index is 1.19. The molecule has 1 aliphatic rings. The van der Waals surface area contributed by atoms with Crippen molar-refractivity contribution in [2.75, 3.05) is 4.90 Å². The Bertz CT molecular complexity index is 2990. The van der Waals surface area contributed by atoms with Crippen molar-refractivity contribution in [3.05, 3.63) is 170 Å². The summed E-state index contributed by atoms with van der Waals surface area (Å²) in [4.78, 5) is 12.8. The second-order valence-corrected chi connectivity index (χ2v) is 13.0. The van der Waals surface area contributed by atoms with Crippen LogP contribution in [0.1, 0.15) is 0 Å². The van der Waals surface area contributed by atoms with E-state index in [0.717, 1.165) is 56.2 Å². The van der Waals surface area contributed by atoms with Crippen LogP contribution in [0.4, 0.5) is 17.2 Å². The minimum absolute atomic E-state index is 0.646. The summed E-state index contributed by atoms with van der Waals surface area (Å²) in [5.41, 5.74) is 11.8. The van der Waals surface area contributed by atoms with E-state index in [-0.39, 0.29) is 0 Å². The molecule has 1 aliphatic heterocycles. The van der Waals surface area contributed by atoms with Gasteiger partial charge >= 0.3 is 0 Å². The SMILES string of the molecule is c1ccc(-c2nc(-c3cccc(N4c5ccccc5-c5ccccc5-n5c4cc4ccc6ccccc6c45)c3)nc3c2oc2ccccc23)cc1. The highest BCUT2D eigenvalue weighted by molar-refractivity contribution is 6.11. The summed E-state index contributed by atoms with van der Waals surface area (Å²) in [5, 5.41) is 4.60. The van der Waals surface area contributed by atoms with Crippen LogP contribution < -0.4 is 4.90 Å². The Hall–Kier alpha value is -6.98. The largest absolute Gasteiger partial charge is 0.452 e. The molecule has 3 aromatic heterocycles. The first-order valence-electron chi connectivity index (χ1n) is 17.2. The predicted molar refractivity (Wildman–Crippen MR) is 208 cm³/mol. The van der Waals surface area contributed by atoms with Gasteiger partial charge in [-0.1, -0.05) is 127 Å². The third kappa shape index (κ3) is 4.15. The van der Waals surface area contributed by atoms with Crippen molar-refractivity contribution < 1.29 is 4.42 Å². The first-order valence-corrected chi connectivity index (χ1v) is 17.2.